The van der Waals surface area contributed by atoms with Crippen molar-refractivity contribution >= 4 is 17.5 Å². The van der Waals surface area contributed by atoms with Gasteiger partial charge in [-0.05, 0) is 11.1 Å². The Balaban J connectivity index is 0.00000200. The molecule has 0 radical (unpaired) electrons. The Kier molecular flexibility index (Phi) is 7.92. The van der Waals surface area contributed by atoms with Gasteiger partial charge in [0.25, 0.3) is 0 Å². The molecule has 1 amide bonds. The molecule has 1 N–H and O–H groups in total. The van der Waals surface area contributed by atoms with Gasteiger partial charge in [0.05, 0.1) is 13.2 Å². The van der Waals surface area contributed by atoms with Gasteiger partial charge in [0.2, 0.25) is 5.91 Å². The topological polar surface area (TPSA) is 41.6 Å². The summed E-state index contributed by atoms with van der Waals surface area (Å²) in [6.45, 7) is 4.95. The summed E-state index contributed by atoms with van der Waals surface area (Å²) in [5.41, 5.74) is 2.40. The number of carbonyl (C=O) groups excluding carboxylic acids is 1. The third-order valence-electron chi connectivity index (χ3n) is 3.21. The average Bonchev–Trinajstić information content (AvgIpc) is 2.47. The second-order valence-electron chi connectivity index (χ2n) is 4.57. The SMILES string of the molecule is O=C(CCl)NCc1ccccc1CN1CCOCC1.[Cl-]. The highest BCUT2D eigenvalue weighted by atomic mass is 35.5. The third-order valence-corrected chi connectivity index (χ3v) is 3.46. The second kappa shape index (κ2) is 9.19. The number of benzene rings is 1. The van der Waals surface area contributed by atoms with E-state index in [1.807, 2.05) is 18.2 Å². The van der Waals surface area contributed by atoms with Crippen molar-refractivity contribution in [3.8, 4) is 0 Å². The molecule has 20 heavy (non-hydrogen) atoms. The fraction of sp³-hybridized carbons (Fsp3) is 0.500. The quantitative estimate of drug-likeness (QED) is 0.664. The Morgan fingerprint density at radius 1 is 1.25 bits per heavy atom. The Morgan fingerprint density at radius 2 is 1.90 bits per heavy atom. The van der Waals surface area contributed by atoms with Crippen LogP contribution in [0.1, 0.15) is 11.1 Å². The molecule has 1 heterocycles. The number of carbonyl (C=O) groups is 1. The lowest BCUT2D eigenvalue weighted by atomic mass is 10.1. The normalized spacial score (nSPS) is 15.4. The summed E-state index contributed by atoms with van der Waals surface area (Å²) in [4.78, 5) is 13.6. The highest BCUT2D eigenvalue weighted by molar-refractivity contribution is 6.27. The molecule has 4 nitrogen and oxygen atoms in total. The van der Waals surface area contributed by atoms with E-state index >= 15 is 0 Å². The molecule has 6 heteroatoms. The number of hydrogen-bond acceptors (Lipinski definition) is 3. The molecule has 1 aromatic rings. The first-order chi connectivity index (χ1) is 9.29. The van der Waals surface area contributed by atoms with E-state index in [4.69, 9.17) is 16.3 Å². The number of alkyl halides is 1. The van der Waals surface area contributed by atoms with E-state index in [0.717, 1.165) is 38.4 Å². The van der Waals surface area contributed by atoms with Crippen molar-refractivity contribution in [1.29, 1.82) is 0 Å². The molecule has 0 bridgehead atoms. The number of nitrogens with one attached hydrogen (secondary N) is 1. The van der Waals surface area contributed by atoms with Crippen LogP contribution in [0.3, 0.4) is 0 Å². The van der Waals surface area contributed by atoms with Crippen molar-refractivity contribution in [3.05, 3.63) is 35.4 Å². The maximum atomic E-state index is 11.2. The third kappa shape index (κ3) is 5.29. The fourth-order valence-corrected chi connectivity index (χ4v) is 2.22. The number of ether oxygens (including phenoxy) is 1. The summed E-state index contributed by atoms with van der Waals surface area (Å²) in [5.74, 6) is -0.131. The Bertz CT molecular complexity index is 423. The first-order valence-electron chi connectivity index (χ1n) is 6.49. The molecule has 0 saturated carbocycles. The van der Waals surface area contributed by atoms with Crippen LogP contribution in [0.2, 0.25) is 0 Å². The predicted molar refractivity (Wildman–Crippen MR) is 75.1 cm³/mol. The van der Waals surface area contributed by atoms with E-state index in [-0.39, 0.29) is 24.2 Å². The van der Waals surface area contributed by atoms with Crippen LogP contribution in [0.4, 0.5) is 0 Å². The number of amides is 1. The number of rotatable bonds is 5. The molecule has 1 aliphatic rings. The lowest BCUT2D eigenvalue weighted by molar-refractivity contribution is -0.118. The Labute approximate surface area is 130 Å². The average molecular weight is 318 g/mol. The zero-order valence-corrected chi connectivity index (χ0v) is 12.8. The number of halogens is 2. The van der Waals surface area contributed by atoms with Gasteiger partial charge in [-0.15, -0.1) is 11.6 Å². The van der Waals surface area contributed by atoms with Crippen LogP contribution >= 0.6 is 11.6 Å². The van der Waals surface area contributed by atoms with Crippen LogP contribution in [-0.4, -0.2) is 43.0 Å². The van der Waals surface area contributed by atoms with Gasteiger partial charge in [0, 0.05) is 26.2 Å². The Hall–Kier alpha value is -0.810. The molecule has 1 aromatic carbocycles. The van der Waals surface area contributed by atoms with Gasteiger partial charge in [0.1, 0.15) is 5.88 Å². The van der Waals surface area contributed by atoms with Crippen molar-refractivity contribution in [2.45, 2.75) is 13.1 Å². The summed E-state index contributed by atoms with van der Waals surface area (Å²) >= 11 is 5.48. The summed E-state index contributed by atoms with van der Waals surface area (Å²) < 4.78 is 5.35. The van der Waals surface area contributed by atoms with E-state index in [1.54, 1.807) is 0 Å². The fourth-order valence-electron chi connectivity index (χ4n) is 2.13. The zero-order valence-electron chi connectivity index (χ0n) is 11.3. The van der Waals surface area contributed by atoms with E-state index in [0.29, 0.717) is 6.54 Å². The molecule has 1 aliphatic heterocycles. The van der Waals surface area contributed by atoms with Crippen molar-refractivity contribution in [3.63, 3.8) is 0 Å². The van der Waals surface area contributed by atoms with Crippen LogP contribution in [0.5, 0.6) is 0 Å². The molecule has 0 aromatic heterocycles. The number of morpholine rings is 1. The molecule has 0 spiro atoms. The van der Waals surface area contributed by atoms with Crippen molar-refractivity contribution in [2.24, 2.45) is 0 Å². The molecular formula is C14H19Cl2N2O2-. The van der Waals surface area contributed by atoms with Crippen molar-refractivity contribution in [2.75, 3.05) is 32.2 Å². The maximum absolute atomic E-state index is 11.2. The van der Waals surface area contributed by atoms with Crippen LogP contribution < -0.4 is 17.7 Å². The molecule has 0 unspecified atom stereocenters. The lowest BCUT2D eigenvalue weighted by Gasteiger charge is -2.27. The van der Waals surface area contributed by atoms with Gasteiger partial charge in [-0.3, -0.25) is 9.69 Å². The van der Waals surface area contributed by atoms with E-state index in [2.05, 4.69) is 16.3 Å². The Morgan fingerprint density at radius 3 is 2.55 bits per heavy atom. The van der Waals surface area contributed by atoms with Crippen molar-refractivity contribution in [1.82, 2.24) is 10.2 Å². The standard InChI is InChI=1S/C14H19ClN2O2.ClH/c15-9-14(18)16-10-12-3-1-2-4-13(12)11-17-5-7-19-8-6-17;/h1-4H,5-11H2,(H,16,18);1H/p-1. The van der Waals surface area contributed by atoms with Gasteiger partial charge in [-0.1, -0.05) is 24.3 Å². The lowest BCUT2D eigenvalue weighted by Crippen LogP contribution is -3.00. The van der Waals surface area contributed by atoms with Crippen LogP contribution in [-0.2, 0) is 22.6 Å². The van der Waals surface area contributed by atoms with Crippen LogP contribution in [0.15, 0.2) is 24.3 Å². The first-order valence-corrected chi connectivity index (χ1v) is 7.02. The monoisotopic (exact) mass is 317 g/mol. The van der Waals surface area contributed by atoms with E-state index in [9.17, 15) is 4.79 Å². The molecule has 112 valence electrons. The minimum atomic E-state index is -0.136. The molecule has 1 fully saturated rings. The first kappa shape index (κ1) is 17.2. The highest BCUT2D eigenvalue weighted by Gasteiger charge is 2.12. The molecule has 0 atom stereocenters. The van der Waals surface area contributed by atoms with Crippen LogP contribution in [0, 0.1) is 0 Å². The van der Waals surface area contributed by atoms with Gasteiger partial charge in [0.15, 0.2) is 0 Å². The molecular weight excluding hydrogens is 299 g/mol. The van der Waals surface area contributed by atoms with Gasteiger partial charge in [-0.2, -0.15) is 0 Å². The maximum Gasteiger partial charge on any atom is 0.235 e. The minimum absolute atomic E-state index is 0. The second-order valence-corrected chi connectivity index (χ2v) is 4.83. The summed E-state index contributed by atoms with van der Waals surface area (Å²) in [7, 11) is 0. The summed E-state index contributed by atoms with van der Waals surface area (Å²) in [5, 5.41) is 2.81. The largest absolute Gasteiger partial charge is 1.00 e. The predicted octanol–water partition coefficient (Wildman–Crippen LogP) is -1.62. The summed E-state index contributed by atoms with van der Waals surface area (Å²) in [6.07, 6.45) is 0. The van der Waals surface area contributed by atoms with Crippen LogP contribution in [0.25, 0.3) is 0 Å². The molecule has 2 rings (SSSR count). The summed E-state index contributed by atoms with van der Waals surface area (Å²) in [6, 6.07) is 8.18. The molecule has 0 aliphatic carbocycles. The zero-order chi connectivity index (χ0) is 13.5. The van der Waals surface area contributed by atoms with Gasteiger partial charge < -0.3 is 22.5 Å². The van der Waals surface area contributed by atoms with Gasteiger partial charge >= 0.3 is 0 Å². The van der Waals surface area contributed by atoms with E-state index < -0.39 is 0 Å². The number of nitrogens with zero attached hydrogens (tertiary/aromatic N) is 1. The van der Waals surface area contributed by atoms with E-state index in [1.165, 1.54) is 5.56 Å². The van der Waals surface area contributed by atoms with Gasteiger partial charge in [-0.25, -0.2) is 0 Å². The minimum Gasteiger partial charge on any atom is -1.00 e. The molecule has 1 saturated heterocycles. The smallest absolute Gasteiger partial charge is 0.235 e. The highest BCUT2D eigenvalue weighted by Crippen LogP contribution is 2.12. The number of hydrogen-bond donors (Lipinski definition) is 1. The van der Waals surface area contributed by atoms with Crippen molar-refractivity contribution < 1.29 is 21.9 Å².